The molecule has 2 aliphatic rings. The number of fused-ring (bicyclic) bond motifs is 3. The van der Waals surface area contributed by atoms with E-state index in [1.165, 1.54) is 16.0 Å². The molecule has 1 aromatic carbocycles. The lowest BCUT2D eigenvalue weighted by Gasteiger charge is -2.39. The molecule has 2 aromatic heterocycles. The summed E-state index contributed by atoms with van der Waals surface area (Å²) in [4.78, 5) is 19.8. The fourth-order valence-corrected chi connectivity index (χ4v) is 6.44. The summed E-state index contributed by atoms with van der Waals surface area (Å²) in [6.45, 7) is 3.66. The van der Waals surface area contributed by atoms with Crippen LogP contribution in [0.3, 0.4) is 0 Å². The van der Waals surface area contributed by atoms with Gasteiger partial charge < -0.3 is 14.8 Å². The number of hydrogen-bond acceptors (Lipinski definition) is 6. The number of hydrogen-bond donors (Lipinski definition) is 1. The van der Waals surface area contributed by atoms with Gasteiger partial charge in [-0.1, -0.05) is 30.3 Å². The van der Waals surface area contributed by atoms with E-state index >= 15 is 0 Å². The number of nitrogens with one attached hydrogen (secondary N) is 1. The molecule has 1 aliphatic heterocycles. The number of methoxy groups -OCH3 is 1. The number of aromatic nitrogens is 2. The molecule has 1 aliphatic carbocycles. The van der Waals surface area contributed by atoms with Crippen LogP contribution in [-0.2, 0) is 34.3 Å². The summed E-state index contributed by atoms with van der Waals surface area (Å²) in [5, 5.41) is 4.73. The number of nitrogens with zero attached hydrogens (tertiary/aromatic N) is 2. The monoisotopic (exact) mass is 453 g/mol. The van der Waals surface area contributed by atoms with Crippen LogP contribution in [0.4, 0.5) is 0 Å². The first-order valence-corrected chi connectivity index (χ1v) is 12.4. The fraction of sp³-hybridized carbons (Fsp3) is 0.520. The molecule has 1 fully saturated rings. The maximum absolute atomic E-state index is 13.0. The number of rotatable bonds is 7. The first-order chi connectivity index (χ1) is 15.7. The summed E-state index contributed by atoms with van der Waals surface area (Å²) in [5.41, 5.74) is 2.84. The van der Waals surface area contributed by atoms with Crippen molar-refractivity contribution in [2.24, 2.45) is 0 Å². The number of benzene rings is 1. The third-order valence-corrected chi connectivity index (χ3v) is 8.30. The average molecular weight is 454 g/mol. The van der Waals surface area contributed by atoms with Gasteiger partial charge in [-0.2, -0.15) is 0 Å². The van der Waals surface area contributed by atoms with Crippen LogP contribution in [0, 0.1) is 0 Å². The molecule has 0 saturated carbocycles. The van der Waals surface area contributed by atoms with Gasteiger partial charge in [0.15, 0.2) is 0 Å². The second-order valence-corrected chi connectivity index (χ2v) is 10.1. The Balaban J connectivity index is 1.34. The minimum absolute atomic E-state index is 0.0706. The van der Waals surface area contributed by atoms with Crippen LogP contribution in [0.25, 0.3) is 10.2 Å². The average Bonchev–Trinajstić information content (AvgIpc) is 3.22. The molecular weight excluding hydrogens is 422 g/mol. The van der Waals surface area contributed by atoms with Crippen molar-refractivity contribution >= 4 is 21.6 Å². The maximum Gasteiger partial charge on any atom is 0.262 e. The van der Waals surface area contributed by atoms with Crippen LogP contribution in [-0.4, -0.2) is 49.1 Å². The summed E-state index contributed by atoms with van der Waals surface area (Å²) >= 11 is 1.69. The lowest BCUT2D eigenvalue weighted by Crippen LogP contribution is -2.47. The van der Waals surface area contributed by atoms with Crippen molar-refractivity contribution in [3.05, 3.63) is 63.0 Å². The van der Waals surface area contributed by atoms with Crippen molar-refractivity contribution in [2.45, 2.75) is 50.1 Å². The second-order valence-electron chi connectivity index (χ2n) is 9.00. The van der Waals surface area contributed by atoms with Crippen molar-refractivity contribution < 1.29 is 9.47 Å². The molecule has 1 saturated heterocycles. The van der Waals surface area contributed by atoms with E-state index in [4.69, 9.17) is 9.47 Å². The topological polar surface area (TPSA) is 65.4 Å². The normalized spacial score (nSPS) is 20.3. The van der Waals surface area contributed by atoms with Crippen molar-refractivity contribution in [1.29, 1.82) is 0 Å². The Labute approximate surface area is 192 Å². The summed E-state index contributed by atoms with van der Waals surface area (Å²) in [7, 11) is 1.65. The molecule has 7 heteroatoms. The highest BCUT2D eigenvalue weighted by atomic mass is 32.1. The zero-order chi connectivity index (χ0) is 22.0. The maximum atomic E-state index is 13.0. The van der Waals surface area contributed by atoms with E-state index in [9.17, 15) is 4.79 Å². The predicted octanol–water partition coefficient (Wildman–Crippen LogP) is 3.30. The van der Waals surface area contributed by atoms with E-state index in [1.807, 2.05) is 0 Å². The van der Waals surface area contributed by atoms with E-state index in [1.54, 1.807) is 29.3 Å². The van der Waals surface area contributed by atoms with E-state index in [-0.39, 0.29) is 11.0 Å². The zero-order valence-electron chi connectivity index (χ0n) is 18.6. The van der Waals surface area contributed by atoms with Crippen LogP contribution in [0.1, 0.15) is 35.3 Å². The quantitative estimate of drug-likeness (QED) is 0.595. The second kappa shape index (κ2) is 9.43. The van der Waals surface area contributed by atoms with Gasteiger partial charge in [-0.15, -0.1) is 11.3 Å². The molecular formula is C25H31N3O3S. The molecule has 1 atom stereocenters. The molecule has 32 heavy (non-hydrogen) atoms. The first-order valence-electron chi connectivity index (χ1n) is 11.6. The Morgan fingerprint density at radius 1 is 1.28 bits per heavy atom. The number of thiophene rings is 1. The van der Waals surface area contributed by atoms with Crippen LogP contribution >= 0.6 is 11.3 Å². The van der Waals surface area contributed by atoms with Gasteiger partial charge in [0.1, 0.15) is 4.83 Å². The molecule has 0 unspecified atom stereocenters. The van der Waals surface area contributed by atoms with Gasteiger partial charge in [-0.05, 0) is 43.2 Å². The Morgan fingerprint density at radius 3 is 2.88 bits per heavy atom. The van der Waals surface area contributed by atoms with Gasteiger partial charge in [-0.3, -0.25) is 9.36 Å². The van der Waals surface area contributed by atoms with Gasteiger partial charge in [0, 0.05) is 43.2 Å². The Kier molecular flexibility index (Phi) is 6.42. The third kappa shape index (κ3) is 4.15. The van der Waals surface area contributed by atoms with E-state index < -0.39 is 0 Å². The van der Waals surface area contributed by atoms with Crippen molar-refractivity contribution in [1.82, 2.24) is 14.9 Å². The van der Waals surface area contributed by atoms with Crippen LogP contribution in [0.5, 0.6) is 0 Å². The SMILES string of the molecule is COCCn1cnc2sc3c(c2c1=O)CC[C@H](NCC1(c2ccccc2)CCOCC1)C3. The zero-order valence-corrected chi connectivity index (χ0v) is 19.5. The van der Waals surface area contributed by atoms with E-state index in [0.717, 1.165) is 62.1 Å². The number of aryl methyl sites for hydroxylation is 1. The van der Waals surface area contributed by atoms with Gasteiger partial charge >= 0.3 is 0 Å². The van der Waals surface area contributed by atoms with Crippen LogP contribution in [0.15, 0.2) is 41.5 Å². The molecule has 1 N–H and O–H groups in total. The molecule has 6 nitrogen and oxygen atoms in total. The smallest absolute Gasteiger partial charge is 0.262 e. The van der Waals surface area contributed by atoms with Gasteiger partial charge in [0.2, 0.25) is 0 Å². The highest BCUT2D eigenvalue weighted by molar-refractivity contribution is 7.18. The van der Waals surface area contributed by atoms with Crippen LogP contribution in [0.2, 0.25) is 0 Å². The number of ether oxygens (including phenoxy) is 2. The minimum atomic E-state index is 0.0706. The summed E-state index contributed by atoms with van der Waals surface area (Å²) < 4.78 is 12.5. The largest absolute Gasteiger partial charge is 0.383 e. The van der Waals surface area contributed by atoms with Gasteiger partial charge in [0.25, 0.3) is 5.56 Å². The lowest BCUT2D eigenvalue weighted by atomic mass is 9.74. The highest BCUT2D eigenvalue weighted by Crippen LogP contribution is 2.36. The molecule has 3 aromatic rings. The Bertz CT molecular complexity index is 1120. The van der Waals surface area contributed by atoms with Crippen molar-refractivity contribution in [3.63, 3.8) is 0 Å². The summed E-state index contributed by atoms with van der Waals surface area (Å²) in [5.74, 6) is 0. The molecule has 0 amide bonds. The summed E-state index contributed by atoms with van der Waals surface area (Å²) in [6.07, 6.45) is 6.71. The Hall–Kier alpha value is -2.06. The van der Waals surface area contributed by atoms with Gasteiger partial charge in [-0.25, -0.2) is 4.98 Å². The van der Waals surface area contributed by atoms with E-state index in [2.05, 4.69) is 40.6 Å². The van der Waals surface area contributed by atoms with E-state index in [0.29, 0.717) is 19.2 Å². The van der Waals surface area contributed by atoms with Crippen LogP contribution < -0.4 is 10.9 Å². The fourth-order valence-electron chi connectivity index (χ4n) is 5.19. The molecule has 170 valence electrons. The third-order valence-electron chi connectivity index (χ3n) is 7.14. The van der Waals surface area contributed by atoms with Crippen molar-refractivity contribution in [2.75, 3.05) is 33.5 Å². The molecule has 5 rings (SSSR count). The molecule has 0 bridgehead atoms. The molecule has 0 spiro atoms. The molecule has 0 radical (unpaired) electrons. The standard InChI is InChI=1S/C25H31N3O3S/c1-30-14-11-28-17-27-23-22(24(28)29)20-8-7-19(15-21(20)32-23)26-16-25(9-12-31-13-10-25)18-5-3-2-4-6-18/h2-6,17,19,26H,7-16H2,1H3/t19-/m0/s1. The lowest BCUT2D eigenvalue weighted by molar-refractivity contribution is 0.0487. The predicted molar refractivity (Wildman–Crippen MR) is 128 cm³/mol. The highest BCUT2D eigenvalue weighted by Gasteiger charge is 2.35. The first kappa shape index (κ1) is 21.8. The molecule has 3 heterocycles. The van der Waals surface area contributed by atoms with Gasteiger partial charge in [0.05, 0.1) is 24.9 Å². The Morgan fingerprint density at radius 2 is 2.09 bits per heavy atom. The minimum Gasteiger partial charge on any atom is -0.383 e. The summed E-state index contributed by atoms with van der Waals surface area (Å²) in [6, 6.07) is 11.3. The van der Waals surface area contributed by atoms with Crippen molar-refractivity contribution in [3.8, 4) is 0 Å².